The standard InChI is InChI=1S/C63H64ClN11O15S2/c1-10-16-88-62(82)74(7)27-38-20-41(70-54(76)33(6)69-56(78)52(31(3)4)73-55(77)37-18-35(39-23-65-59(66-24-39)91(8,84)85)17-36(19-37)40-25-67-60(68-26-40)92(9,86)87)13-12-34(38)29-90-61(81)72-47-15-14-42-32(5)46(64)22-48-50(42)51(47)43-28-75-49(53(43)71-48)21-45-44(57(75)79)30-89-58(80)63(45,83)11-2/h10,12-13,17-26,31,33,47,52,83H,1,11,14-16,27-30H2,2-9H3,(H,69,78)(H,70,76)(H,72,81)(H,73,77)/t33-,47-,52-,63-/m0/s1. The second-order valence-electron chi connectivity index (χ2n) is 23.1. The number of halogens is 1. The fraction of sp³-hybridized carbons (Fsp3) is 0.333. The number of aromatic nitrogens is 6. The monoisotopic (exact) mass is 1310 g/mol. The molecule has 1 aliphatic carbocycles. The summed E-state index contributed by atoms with van der Waals surface area (Å²) in [4.78, 5) is 119. The lowest BCUT2D eigenvalue weighted by atomic mass is 9.82. The number of carbonyl (C=O) groups is 6. The lowest BCUT2D eigenvalue weighted by molar-refractivity contribution is -0.172. The maximum atomic E-state index is 14.2. The summed E-state index contributed by atoms with van der Waals surface area (Å²) >= 11 is 6.79. The Morgan fingerprint density at radius 1 is 0.859 bits per heavy atom. The molecule has 0 saturated heterocycles. The number of sulfone groups is 2. The van der Waals surface area contributed by atoms with Gasteiger partial charge in [-0.3, -0.25) is 19.2 Å². The van der Waals surface area contributed by atoms with Gasteiger partial charge in [0.2, 0.25) is 41.8 Å². The number of cyclic esters (lactones) is 1. The number of amides is 5. The second-order valence-corrected chi connectivity index (χ2v) is 27.3. The van der Waals surface area contributed by atoms with Crippen molar-refractivity contribution in [1.29, 1.82) is 0 Å². The van der Waals surface area contributed by atoms with Crippen LogP contribution in [-0.4, -0.2) is 130 Å². The van der Waals surface area contributed by atoms with Crippen molar-refractivity contribution >= 4 is 83.7 Å². The number of aliphatic hydroxyl groups is 1. The third-order valence-corrected chi connectivity index (χ3v) is 18.5. The first kappa shape index (κ1) is 65.4. The highest BCUT2D eigenvalue weighted by molar-refractivity contribution is 7.90. The van der Waals surface area contributed by atoms with Crippen LogP contribution in [0.25, 0.3) is 44.5 Å². The van der Waals surface area contributed by atoms with E-state index in [1.807, 2.05) is 6.92 Å². The summed E-state index contributed by atoms with van der Waals surface area (Å²) in [5.41, 5.74) is 4.66. The topological polar surface area (TPSA) is 356 Å². The molecule has 0 bridgehead atoms. The molecule has 7 aromatic rings. The van der Waals surface area contributed by atoms with Gasteiger partial charge in [0, 0.05) is 94.8 Å². The Kier molecular flexibility index (Phi) is 18.2. The van der Waals surface area contributed by atoms with Crippen LogP contribution in [0.15, 0.2) is 101 Å². The Morgan fingerprint density at radius 3 is 2.10 bits per heavy atom. The number of nitrogens with zero attached hydrogens (tertiary/aromatic N) is 7. The predicted octanol–water partition coefficient (Wildman–Crippen LogP) is 6.33. The smallest absolute Gasteiger partial charge is 0.410 e. The number of fused-ring (bicyclic) bond motifs is 5. The molecule has 0 radical (unpaired) electrons. The SMILES string of the molecule is C=CCOC(=O)N(C)Cc1cc(NC(=O)[C@H](C)NC(=O)[C@@H](NC(=O)c2cc(-c3cnc(S(C)(=O)=O)nc3)cc(-c3cnc(S(C)(=O)=O)nc3)c2)C(C)C)ccc1COC(=O)N[C@H]1CCc2c(C)c(Cl)cc3nc4c(c1c23)Cn1c-4cc2c(c1=O)COC(=O)[C@]2(O)CC. The third-order valence-electron chi connectivity index (χ3n) is 16.3. The lowest BCUT2D eigenvalue weighted by Gasteiger charge is -2.31. The number of anilines is 1. The zero-order chi connectivity index (χ0) is 66.5. The zero-order valence-electron chi connectivity index (χ0n) is 51.2. The van der Waals surface area contributed by atoms with E-state index in [-0.39, 0.29) is 61.7 Å². The Balaban J connectivity index is 0.858. The average Bonchev–Trinajstić information content (AvgIpc) is 1.48. The minimum absolute atomic E-state index is 0.0110. The van der Waals surface area contributed by atoms with Gasteiger partial charge in [0.1, 0.15) is 31.9 Å². The van der Waals surface area contributed by atoms with Gasteiger partial charge >= 0.3 is 18.2 Å². The molecule has 3 aromatic carbocycles. The van der Waals surface area contributed by atoms with Crippen LogP contribution < -0.4 is 26.8 Å². The molecule has 4 atom stereocenters. The molecule has 480 valence electrons. The Hall–Kier alpha value is -9.51. The first-order chi connectivity index (χ1) is 43.5. The van der Waals surface area contributed by atoms with E-state index in [9.17, 15) is 55.5 Å². The van der Waals surface area contributed by atoms with Crippen LogP contribution in [0.3, 0.4) is 0 Å². The quantitative estimate of drug-likeness (QED) is 0.0255. The van der Waals surface area contributed by atoms with Crippen molar-refractivity contribution in [2.45, 2.75) is 114 Å². The number of nitrogens with one attached hydrogen (secondary N) is 4. The molecule has 0 unspecified atom stereocenters. The summed E-state index contributed by atoms with van der Waals surface area (Å²) < 4.78 is 66.5. The number of aryl methyl sites for hydroxylation is 1. The summed E-state index contributed by atoms with van der Waals surface area (Å²) in [6.07, 6.45) is 7.68. The van der Waals surface area contributed by atoms with Gasteiger partial charge in [0.25, 0.3) is 11.5 Å². The first-order valence-electron chi connectivity index (χ1n) is 29.0. The molecule has 29 heteroatoms. The van der Waals surface area contributed by atoms with Crippen molar-refractivity contribution in [1.82, 2.24) is 50.3 Å². The molecule has 3 aliphatic rings. The molecule has 10 rings (SSSR count). The van der Waals surface area contributed by atoms with E-state index in [2.05, 4.69) is 47.8 Å². The van der Waals surface area contributed by atoms with E-state index in [1.54, 1.807) is 57.2 Å². The largest absolute Gasteiger partial charge is 0.458 e. The van der Waals surface area contributed by atoms with Crippen LogP contribution in [0.2, 0.25) is 5.02 Å². The maximum absolute atomic E-state index is 14.2. The van der Waals surface area contributed by atoms with Crippen molar-refractivity contribution in [2.24, 2.45) is 5.92 Å². The fourth-order valence-corrected chi connectivity index (χ4v) is 12.6. The Labute approximate surface area is 533 Å². The highest BCUT2D eigenvalue weighted by Crippen LogP contribution is 2.47. The summed E-state index contributed by atoms with van der Waals surface area (Å²) in [7, 11) is -6.04. The van der Waals surface area contributed by atoms with Gasteiger partial charge in [-0.1, -0.05) is 51.1 Å². The number of ether oxygens (including phenoxy) is 3. The van der Waals surface area contributed by atoms with Crippen LogP contribution in [-0.2, 0) is 86.6 Å². The Morgan fingerprint density at radius 2 is 1.50 bits per heavy atom. The van der Waals surface area contributed by atoms with Gasteiger partial charge < -0.3 is 50.1 Å². The molecule has 5 amide bonds. The molecule has 5 N–H and O–H groups in total. The van der Waals surface area contributed by atoms with Gasteiger partial charge in [-0.2, -0.15) is 0 Å². The number of benzene rings is 3. The number of hydrogen-bond donors (Lipinski definition) is 5. The van der Waals surface area contributed by atoms with Crippen LogP contribution >= 0.6 is 11.6 Å². The molecular formula is C63H64ClN11O15S2. The highest BCUT2D eigenvalue weighted by Gasteiger charge is 2.46. The van der Waals surface area contributed by atoms with E-state index >= 15 is 0 Å². The van der Waals surface area contributed by atoms with Crippen LogP contribution in [0, 0.1) is 12.8 Å². The number of pyridine rings is 2. The Bertz CT molecular complexity index is 4450. The molecule has 92 heavy (non-hydrogen) atoms. The third kappa shape index (κ3) is 13.0. The van der Waals surface area contributed by atoms with Gasteiger partial charge in [-0.05, 0) is 120 Å². The normalized spacial score (nSPS) is 16.2. The highest BCUT2D eigenvalue weighted by atomic mass is 35.5. The molecule has 0 fully saturated rings. The fourth-order valence-electron chi connectivity index (χ4n) is 11.4. The minimum atomic E-state index is -3.76. The summed E-state index contributed by atoms with van der Waals surface area (Å²) in [6, 6.07) is 9.51. The van der Waals surface area contributed by atoms with E-state index in [0.29, 0.717) is 79.3 Å². The van der Waals surface area contributed by atoms with Crippen molar-refractivity contribution in [2.75, 3.05) is 31.5 Å². The molecule has 26 nitrogen and oxygen atoms in total. The van der Waals surface area contributed by atoms with Crippen molar-refractivity contribution in [3.8, 4) is 33.6 Å². The van der Waals surface area contributed by atoms with Crippen LogP contribution in [0.5, 0.6) is 0 Å². The number of alkyl carbamates (subject to hydrolysis) is 1. The minimum Gasteiger partial charge on any atom is -0.458 e. The summed E-state index contributed by atoms with van der Waals surface area (Å²) in [5.74, 6) is -3.52. The molecule has 2 aliphatic heterocycles. The molecule has 0 spiro atoms. The average molecular weight is 1310 g/mol. The van der Waals surface area contributed by atoms with E-state index in [1.165, 1.54) is 66.4 Å². The molecule has 4 aromatic heterocycles. The van der Waals surface area contributed by atoms with Gasteiger partial charge in [-0.25, -0.2) is 56.1 Å². The molecule has 0 saturated carbocycles. The van der Waals surface area contributed by atoms with E-state index in [4.69, 9.17) is 30.8 Å². The lowest BCUT2D eigenvalue weighted by Crippen LogP contribution is -2.53. The van der Waals surface area contributed by atoms with Crippen molar-refractivity contribution in [3.63, 3.8) is 0 Å². The maximum Gasteiger partial charge on any atom is 0.410 e. The molecule has 6 heterocycles. The van der Waals surface area contributed by atoms with Crippen LogP contribution in [0.4, 0.5) is 15.3 Å². The van der Waals surface area contributed by atoms with Gasteiger partial charge in [0.05, 0.1) is 35.1 Å². The number of esters is 1. The summed E-state index contributed by atoms with van der Waals surface area (Å²) in [6.45, 7) is 11.2. The van der Waals surface area contributed by atoms with E-state index in [0.717, 1.165) is 29.0 Å². The number of rotatable bonds is 19. The zero-order valence-corrected chi connectivity index (χ0v) is 53.6. The second kappa shape index (κ2) is 25.6. The van der Waals surface area contributed by atoms with Crippen molar-refractivity contribution < 1.29 is 64.9 Å². The first-order valence-corrected chi connectivity index (χ1v) is 33.1. The predicted molar refractivity (Wildman–Crippen MR) is 335 cm³/mol. The molecular weight excluding hydrogens is 1250 g/mol. The van der Waals surface area contributed by atoms with Crippen molar-refractivity contribution in [3.05, 3.63) is 151 Å². The number of hydrogen-bond acceptors (Lipinski definition) is 20. The van der Waals surface area contributed by atoms with E-state index < -0.39 is 101 Å². The van der Waals surface area contributed by atoms with Gasteiger partial charge in [-0.15, -0.1) is 0 Å². The number of carbonyl (C=O) groups excluding carboxylic acids is 6. The van der Waals surface area contributed by atoms with Gasteiger partial charge in [0.15, 0.2) is 5.60 Å². The van der Waals surface area contributed by atoms with Crippen LogP contribution in [0.1, 0.15) is 101 Å². The summed E-state index contributed by atoms with van der Waals surface area (Å²) in [5, 5.41) is 23.2.